The zero-order chi connectivity index (χ0) is 9.97. The Hall–Kier alpha value is -0.120. The van der Waals surface area contributed by atoms with Crippen LogP contribution in [0.1, 0.15) is 19.3 Å². The maximum absolute atomic E-state index is 9.43. The fourth-order valence-corrected chi connectivity index (χ4v) is 2.77. The number of likely N-dealkylation sites (tertiary alicyclic amines) is 2. The van der Waals surface area contributed by atoms with E-state index in [2.05, 4.69) is 16.8 Å². The molecule has 1 unspecified atom stereocenters. The van der Waals surface area contributed by atoms with Crippen LogP contribution in [0.3, 0.4) is 0 Å². The molecule has 1 N–H and O–H groups in total. The SMILES string of the molecule is CN1CCCC(CN2CC[C@@H](O)C2)C1. The minimum Gasteiger partial charge on any atom is -0.392 e. The van der Waals surface area contributed by atoms with Crippen molar-refractivity contribution in [1.29, 1.82) is 0 Å². The lowest BCUT2D eigenvalue weighted by molar-refractivity contribution is 0.144. The Morgan fingerprint density at radius 1 is 1.21 bits per heavy atom. The van der Waals surface area contributed by atoms with E-state index < -0.39 is 0 Å². The van der Waals surface area contributed by atoms with E-state index in [1.165, 1.54) is 32.5 Å². The molecule has 0 amide bonds. The van der Waals surface area contributed by atoms with Gasteiger partial charge in [-0.25, -0.2) is 0 Å². The van der Waals surface area contributed by atoms with Crippen molar-refractivity contribution in [3.63, 3.8) is 0 Å². The maximum Gasteiger partial charge on any atom is 0.0679 e. The first-order chi connectivity index (χ1) is 6.74. The van der Waals surface area contributed by atoms with Gasteiger partial charge in [0.1, 0.15) is 0 Å². The van der Waals surface area contributed by atoms with Gasteiger partial charge >= 0.3 is 0 Å². The Balaban J connectivity index is 1.74. The zero-order valence-electron chi connectivity index (χ0n) is 9.15. The Morgan fingerprint density at radius 3 is 2.71 bits per heavy atom. The molecule has 0 spiro atoms. The third-order valence-electron chi connectivity index (χ3n) is 3.49. The number of rotatable bonds is 2. The molecule has 3 heteroatoms. The van der Waals surface area contributed by atoms with Crippen molar-refractivity contribution in [1.82, 2.24) is 9.80 Å². The second-order valence-corrected chi connectivity index (χ2v) is 4.97. The number of β-amino-alcohol motifs (C(OH)–C–C–N with tert-alkyl or cyclic N) is 1. The highest BCUT2D eigenvalue weighted by atomic mass is 16.3. The van der Waals surface area contributed by atoms with E-state index in [9.17, 15) is 5.11 Å². The summed E-state index contributed by atoms with van der Waals surface area (Å²) in [6, 6.07) is 0. The molecule has 2 atom stereocenters. The molecule has 0 aromatic carbocycles. The first-order valence-corrected chi connectivity index (χ1v) is 5.83. The summed E-state index contributed by atoms with van der Waals surface area (Å²) >= 11 is 0. The molecular formula is C11H22N2O. The molecule has 2 rings (SSSR count). The molecule has 14 heavy (non-hydrogen) atoms. The van der Waals surface area contributed by atoms with Gasteiger partial charge in [-0.15, -0.1) is 0 Å². The summed E-state index contributed by atoms with van der Waals surface area (Å²) in [5.74, 6) is 0.832. The normalized spacial score (nSPS) is 36.4. The number of aliphatic hydroxyl groups is 1. The monoisotopic (exact) mass is 198 g/mol. The highest BCUT2D eigenvalue weighted by molar-refractivity contribution is 4.79. The summed E-state index contributed by atoms with van der Waals surface area (Å²) in [4.78, 5) is 4.86. The first-order valence-electron chi connectivity index (χ1n) is 5.83. The Labute approximate surface area is 86.7 Å². The summed E-state index contributed by atoms with van der Waals surface area (Å²) in [5, 5.41) is 9.43. The van der Waals surface area contributed by atoms with Gasteiger partial charge in [0.25, 0.3) is 0 Å². The van der Waals surface area contributed by atoms with Gasteiger partial charge in [0, 0.05) is 26.2 Å². The van der Waals surface area contributed by atoms with Gasteiger partial charge in [-0.1, -0.05) is 0 Å². The standard InChI is InChI=1S/C11H22N2O/c1-12-5-2-3-10(7-12)8-13-6-4-11(14)9-13/h10-11,14H,2-9H2,1H3/t10?,11-/m1/s1. The summed E-state index contributed by atoms with van der Waals surface area (Å²) < 4.78 is 0. The molecular weight excluding hydrogens is 176 g/mol. The minimum absolute atomic E-state index is 0.0590. The van der Waals surface area contributed by atoms with Gasteiger partial charge in [0.15, 0.2) is 0 Å². The molecule has 0 aromatic heterocycles. The Kier molecular flexibility index (Phi) is 3.42. The zero-order valence-corrected chi connectivity index (χ0v) is 9.15. The predicted octanol–water partition coefficient (Wildman–Crippen LogP) is 0.395. The number of nitrogens with zero attached hydrogens (tertiary/aromatic N) is 2. The second kappa shape index (κ2) is 4.60. The molecule has 82 valence electrons. The van der Waals surface area contributed by atoms with Crippen molar-refractivity contribution < 1.29 is 5.11 Å². The van der Waals surface area contributed by atoms with Gasteiger partial charge < -0.3 is 14.9 Å². The lowest BCUT2D eigenvalue weighted by Gasteiger charge is -2.32. The lowest BCUT2D eigenvalue weighted by atomic mass is 9.98. The highest BCUT2D eigenvalue weighted by Crippen LogP contribution is 2.18. The quantitative estimate of drug-likeness (QED) is 0.695. The van der Waals surface area contributed by atoms with Gasteiger partial charge in [0.2, 0.25) is 0 Å². The minimum atomic E-state index is -0.0590. The topological polar surface area (TPSA) is 26.7 Å². The van der Waals surface area contributed by atoms with Crippen LogP contribution in [0.2, 0.25) is 0 Å². The molecule has 0 aromatic rings. The number of hydrogen-bond donors (Lipinski definition) is 1. The summed E-state index contributed by atoms with van der Waals surface area (Å²) in [6.07, 6.45) is 3.63. The number of piperidine rings is 1. The van der Waals surface area contributed by atoms with E-state index in [0.29, 0.717) is 0 Å². The first kappa shape index (κ1) is 10.4. The maximum atomic E-state index is 9.43. The van der Waals surface area contributed by atoms with Gasteiger partial charge in [-0.2, -0.15) is 0 Å². The molecule has 0 aliphatic carbocycles. The van der Waals surface area contributed by atoms with E-state index in [4.69, 9.17) is 0 Å². The summed E-state index contributed by atoms with van der Waals surface area (Å²) in [7, 11) is 2.21. The van der Waals surface area contributed by atoms with Crippen LogP contribution in [-0.2, 0) is 0 Å². The summed E-state index contributed by atoms with van der Waals surface area (Å²) in [6.45, 7) is 5.70. The van der Waals surface area contributed by atoms with Gasteiger partial charge in [-0.3, -0.25) is 0 Å². The summed E-state index contributed by atoms with van der Waals surface area (Å²) in [5.41, 5.74) is 0. The molecule has 3 nitrogen and oxygen atoms in total. The van der Waals surface area contributed by atoms with Gasteiger partial charge in [-0.05, 0) is 38.8 Å². The highest BCUT2D eigenvalue weighted by Gasteiger charge is 2.24. The van der Waals surface area contributed by atoms with Crippen LogP contribution < -0.4 is 0 Å². The van der Waals surface area contributed by atoms with Crippen LogP contribution in [0.5, 0.6) is 0 Å². The fraction of sp³-hybridized carbons (Fsp3) is 1.00. The van der Waals surface area contributed by atoms with Crippen LogP contribution in [-0.4, -0.2) is 60.8 Å². The second-order valence-electron chi connectivity index (χ2n) is 4.97. The Morgan fingerprint density at radius 2 is 2.07 bits per heavy atom. The number of hydrogen-bond acceptors (Lipinski definition) is 3. The molecule has 2 fully saturated rings. The smallest absolute Gasteiger partial charge is 0.0679 e. The van der Waals surface area contributed by atoms with Crippen molar-refractivity contribution in [2.45, 2.75) is 25.4 Å². The molecule has 2 saturated heterocycles. The van der Waals surface area contributed by atoms with Crippen LogP contribution >= 0.6 is 0 Å². The van der Waals surface area contributed by atoms with Crippen molar-refractivity contribution in [3.05, 3.63) is 0 Å². The predicted molar refractivity (Wildman–Crippen MR) is 57.3 cm³/mol. The van der Waals surface area contributed by atoms with Crippen LogP contribution in [0.25, 0.3) is 0 Å². The van der Waals surface area contributed by atoms with Crippen LogP contribution in [0.4, 0.5) is 0 Å². The molecule has 2 aliphatic heterocycles. The number of aliphatic hydroxyl groups excluding tert-OH is 1. The van der Waals surface area contributed by atoms with Crippen molar-refractivity contribution in [2.75, 3.05) is 39.8 Å². The Bertz CT molecular complexity index is 186. The molecule has 0 radical (unpaired) electrons. The van der Waals surface area contributed by atoms with E-state index in [-0.39, 0.29) is 6.10 Å². The van der Waals surface area contributed by atoms with Crippen molar-refractivity contribution in [2.24, 2.45) is 5.92 Å². The lowest BCUT2D eigenvalue weighted by Crippen LogP contribution is -2.38. The molecule has 0 saturated carbocycles. The van der Waals surface area contributed by atoms with E-state index in [1.54, 1.807) is 0 Å². The van der Waals surface area contributed by atoms with E-state index in [0.717, 1.165) is 25.4 Å². The van der Waals surface area contributed by atoms with Gasteiger partial charge in [0.05, 0.1) is 6.10 Å². The average Bonchev–Trinajstić information content (AvgIpc) is 2.51. The average molecular weight is 198 g/mol. The van der Waals surface area contributed by atoms with Crippen molar-refractivity contribution in [3.8, 4) is 0 Å². The van der Waals surface area contributed by atoms with E-state index >= 15 is 0 Å². The molecule has 2 aliphatic rings. The van der Waals surface area contributed by atoms with Crippen LogP contribution in [0, 0.1) is 5.92 Å². The molecule has 0 bridgehead atoms. The van der Waals surface area contributed by atoms with Crippen molar-refractivity contribution >= 4 is 0 Å². The van der Waals surface area contributed by atoms with E-state index in [1.807, 2.05) is 0 Å². The molecule has 2 heterocycles. The third-order valence-corrected chi connectivity index (χ3v) is 3.49. The van der Waals surface area contributed by atoms with Crippen LogP contribution in [0.15, 0.2) is 0 Å². The third kappa shape index (κ3) is 2.69. The largest absolute Gasteiger partial charge is 0.392 e. The fourth-order valence-electron chi connectivity index (χ4n) is 2.77.